The van der Waals surface area contributed by atoms with E-state index in [0.29, 0.717) is 13.2 Å². The van der Waals surface area contributed by atoms with Crippen LogP contribution in [0.25, 0.3) is 0 Å². The minimum absolute atomic E-state index is 0.0239. The molecule has 0 atom stereocenters. The van der Waals surface area contributed by atoms with Crippen molar-refractivity contribution in [2.24, 2.45) is 0 Å². The lowest BCUT2D eigenvalue weighted by Gasteiger charge is -2.34. The number of piperazine rings is 1. The minimum Gasteiger partial charge on any atom is -0.383 e. The van der Waals surface area contributed by atoms with Crippen molar-refractivity contribution >= 4 is 23.2 Å². The molecule has 2 aromatic carbocycles. The molecular formula is C21H22F2N4O5. The summed E-state index contributed by atoms with van der Waals surface area (Å²) in [6.45, 7) is 1.54. The Kier molecular flexibility index (Phi) is 7.31. The third-order valence-corrected chi connectivity index (χ3v) is 5.08. The SMILES string of the molecule is COCCNc1ccc(C(=O)N2CCN(C(=O)c3ccc(F)c(F)c3)CC2)cc1[N+](=O)[O-]. The summed E-state index contributed by atoms with van der Waals surface area (Å²) in [6.07, 6.45) is 0. The van der Waals surface area contributed by atoms with Crippen molar-refractivity contribution in [1.82, 2.24) is 9.80 Å². The molecule has 11 heteroatoms. The summed E-state index contributed by atoms with van der Waals surface area (Å²) in [5.41, 5.74) is 0.245. The lowest BCUT2D eigenvalue weighted by atomic mass is 10.1. The van der Waals surface area contributed by atoms with Crippen LogP contribution in [0.1, 0.15) is 20.7 Å². The van der Waals surface area contributed by atoms with Crippen molar-refractivity contribution in [2.75, 3.05) is 51.8 Å². The summed E-state index contributed by atoms with van der Waals surface area (Å²) in [7, 11) is 1.52. The van der Waals surface area contributed by atoms with Gasteiger partial charge in [-0.15, -0.1) is 0 Å². The number of benzene rings is 2. The van der Waals surface area contributed by atoms with Gasteiger partial charge in [-0.25, -0.2) is 8.78 Å². The number of carbonyl (C=O) groups is 2. The number of ether oxygens (including phenoxy) is 1. The fourth-order valence-electron chi connectivity index (χ4n) is 3.36. The fraction of sp³-hybridized carbons (Fsp3) is 0.333. The standard InChI is InChI=1S/C21H22F2N4O5/c1-32-11-6-24-18-5-3-15(13-19(18)27(30)31)21(29)26-9-7-25(8-10-26)20(28)14-2-4-16(22)17(23)12-14/h2-5,12-13,24H,6-11H2,1H3. The number of nitro groups is 1. The zero-order chi connectivity index (χ0) is 23.3. The van der Waals surface area contributed by atoms with Crippen LogP contribution in [0.3, 0.4) is 0 Å². The molecule has 0 saturated carbocycles. The van der Waals surface area contributed by atoms with Gasteiger partial charge in [0.15, 0.2) is 11.6 Å². The molecule has 0 bridgehead atoms. The second-order valence-electron chi connectivity index (χ2n) is 7.12. The molecule has 1 heterocycles. The molecule has 1 aliphatic heterocycles. The van der Waals surface area contributed by atoms with Crippen LogP contribution in [0.4, 0.5) is 20.2 Å². The molecule has 0 aliphatic carbocycles. The van der Waals surface area contributed by atoms with Crippen LogP contribution in [-0.2, 0) is 4.74 Å². The quantitative estimate of drug-likeness (QED) is 0.397. The number of hydrogen-bond acceptors (Lipinski definition) is 6. The number of nitro benzene ring substituents is 1. The largest absolute Gasteiger partial charge is 0.383 e. The second-order valence-corrected chi connectivity index (χ2v) is 7.12. The smallest absolute Gasteiger partial charge is 0.293 e. The normalized spacial score (nSPS) is 13.7. The second kappa shape index (κ2) is 10.1. The first-order chi connectivity index (χ1) is 15.3. The lowest BCUT2D eigenvalue weighted by molar-refractivity contribution is -0.384. The highest BCUT2D eigenvalue weighted by Crippen LogP contribution is 2.26. The summed E-state index contributed by atoms with van der Waals surface area (Å²) >= 11 is 0. The Hall–Kier alpha value is -3.60. The van der Waals surface area contributed by atoms with Gasteiger partial charge in [-0.05, 0) is 30.3 Å². The number of hydrogen-bond donors (Lipinski definition) is 1. The summed E-state index contributed by atoms with van der Waals surface area (Å²) in [6, 6.07) is 7.14. The van der Waals surface area contributed by atoms with E-state index in [1.807, 2.05) is 0 Å². The first-order valence-corrected chi connectivity index (χ1v) is 9.86. The third-order valence-electron chi connectivity index (χ3n) is 5.08. The van der Waals surface area contributed by atoms with Crippen molar-refractivity contribution in [3.8, 4) is 0 Å². The van der Waals surface area contributed by atoms with Gasteiger partial charge in [0.25, 0.3) is 17.5 Å². The topological polar surface area (TPSA) is 105 Å². The van der Waals surface area contributed by atoms with Gasteiger partial charge in [0.2, 0.25) is 0 Å². The zero-order valence-corrected chi connectivity index (χ0v) is 17.3. The number of carbonyl (C=O) groups excluding carboxylic acids is 2. The molecular weight excluding hydrogens is 426 g/mol. The number of nitrogens with one attached hydrogen (secondary N) is 1. The number of anilines is 1. The summed E-state index contributed by atoms with van der Waals surface area (Å²) in [5.74, 6) is -2.99. The monoisotopic (exact) mass is 448 g/mol. The van der Waals surface area contributed by atoms with E-state index < -0.39 is 28.4 Å². The lowest BCUT2D eigenvalue weighted by Crippen LogP contribution is -2.50. The Morgan fingerprint density at radius 1 is 1.00 bits per heavy atom. The van der Waals surface area contributed by atoms with Crippen LogP contribution in [0.2, 0.25) is 0 Å². The predicted octanol–water partition coefficient (Wildman–Crippen LogP) is 2.53. The molecule has 1 N–H and O–H groups in total. The van der Waals surface area contributed by atoms with E-state index in [0.717, 1.165) is 12.1 Å². The van der Waals surface area contributed by atoms with Crippen LogP contribution < -0.4 is 5.32 Å². The number of halogens is 2. The van der Waals surface area contributed by atoms with E-state index in [-0.39, 0.29) is 48.7 Å². The van der Waals surface area contributed by atoms with Crippen LogP contribution >= 0.6 is 0 Å². The Bertz CT molecular complexity index is 1030. The molecule has 1 saturated heterocycles. The van der Waals surface area contributed by atoms with Crippen LogP contribution in [-0.4, -0.2) is 73.0 Å². The Balaban J connectivity index is 1.65. The predicted molar refractivity (Wildman–Crippen MR) is 112 cm³/mol. The zero-order valence-electron chi connectivity index (χ0n) is 17.3. The van der Waals surface area contributed by atoms with Gasteiger partial charge in [-0.1, -0.05) is 0 Å². The Morgan fingerprint density at radius 3 is 2.09 bits per heavy atom. The number of amides is 2. The van der Waals surface area contributed by atoms with Gasteiger partial charge < -0.3 is 19.9 Å². The van der Waals surface area contributed by atoms with E-state index in [1.165, 1.54) is 41.2 Å². The maximum absolute atomic E-state index is 13.4. The van der Waals surface area contributed by atoms with Crippen molar-refractivity contribution in [1.29, 1.82) is 0 Å². The molecule has 170 valence electrons. The number of rotatable bonds is 7. The molecule has 1 fully saturated rings. The molecule has 0 aromatic heterocycles. The Labute approximate surface area is 182 Å². The fourth-order valence-corrected chi connectivity index (χ4v) is 3.36. The summed E-state index contributed by atoms with van der Waals surface area (Å²) < 4.78 is 31.4. The van der Waals surface area contributed by atoms with E-state index in [4.69, 9.17) is 4.74 Å². The van der Waals surface area contributed by atoms with Gasteiger partial charge >= 0.3 is 0 Å². The average molecular weight is 448 g/mol. The van der Waals surface area contributed by atoms with Gasteiger partial charge in [-0.2, -0.15) is 0 Å². The number of methoxy groups -OCH3 is 1. The first kappa shape index (κ1) is 23.1. The third kappa shape index (κ3) is 5.17. The van der Waals surface area contributed by atoms with Crippen molar-refractivity contribution in [3.63, 3.8) is 0 Å². The molecule has 9 nitrogen and oxygen atoms in total. The van der Waals surface area contributed by atoms with E-state index in [1.54, 1.807) is 0 Å². The summed E-state index contributed by atoms with van der Waals surface area (Å²) in [5, 5.41) is 14.3. The van der Waals surface area contributed by atoms with Crippen LogP contribution in [0, 0.1) is 21.7 Å². The van der Waals surface area contributed by atoms with Crippen molar-refractivity contribution < 1.29 is 28.0 Å². The molecule has 1 aliphatic rings. The van der Waals surface area contributed by atoms with E-state index >= 15 is 0 Å². The van der Waals surface area contributed by atoms with E-state index in [9.17, 15) is 28.5 Å². The van der Waals surface area contributed by atoms with Crippen LogP contribution in [0.5, 0.6) is 0 Å². The molecule has 0 unspecified atom stereocenters. The Morgan fingerprint density at radius 2 is 1.56 bits per heavy atom. The molecule has 3 rings (SSSR count). The number of nitrogens with zero attached hydrogens (tertiary/aromatic N) is 3. The maximum Gasteiger partial charge on any atom is 0.293 e. The molecule has 0 spiro atoms. The van der Waals surface area contributed by atoms with Gasteiger partial charge in [-0.3, -0.25) is 19.7 Å². The van der Waals surface area contributed by atoms with Gasteiger partial charge in [0, 0.05) is 57.0 Å². The molecule has 0 radical (unpaired) electrons. The molecule has 2 amide bonds. The van der Waals surface area contributed by atoms with E-state index in [2.05, 4.69) is 5.32 Å². The molecule has 32 heavy (non-hydrogen) atoms. The van der Waals surface area contributed by atoms with Gasteiger partial charge in [0.1, 0.15) is 5.69 Å². The highest BCUT2D eigenvalue weighted by Gasteiger charge is 2.27. The maximum atomic E-state index is 13.4. The highest BCUT2D eigenvalue weighted by molar-refractivity contribution is 5.97. The first-order valence-electron chi connectivity index (χ1n) is 9.86. The molecule has 2 aromatic rings. The van der Waals surface area contributed by atoms with Gasteiger partial charge in [0.05, 0.1) is 11.5 Å². The van der Waals surface area contributed by atoms with Crippen molar-refractivity contribution in [2.45, 2.75) is 0 Å². The summed E-state index contributed by atoms with van der Waals surface area (Å²) in [4.78, 5) is 39.2. The van der Waals surface area contributed by atoms with Crippen molar-refractivity contribution in [3.05, 3.63) is 69.3 Å². The minimum atomic E-state index is -1.11. The average Bonchev–Trinajstić information content (AvgIpc) is 2.80. The van der Waals surface area contributed by atoms with Crippen LogP contribution in [0.15, 0.2) is 36.4 Å². The highest BCUT2D eigenvalue weighted by atomic mass is 19.2.